The fraction of sp³-hybridized carbons (Fsp3) is 0.394. The summed E-state index contributed by atoms with van der Waals surface area (Å²) < 4.78 is 18.7. The molecule has 2 amide bonds. The molecular weight excluding hydrogens is 600 g/mol. The van der Waals surface area contributed by atoms with Gasteiger partial charge in [-0.15, -0.1) is 0 Å². The van der Waals surface area contributed by atoms with E-state index in [1.54, 1.807) is 29.6 Å². The molecule has 3 aliphatic rings. The second-order valence-corrected chi connectivity index (χ2v) is 11.6. The van der Waals surface area contributed by atoms with Gasteiger partial charge in [0.05, 0.1) is 31.0 Å². The Morgan fingerprint density at radius 2 is 1.79 bits per heavy atom. The first-order valence-electron chi connectivity index (χ1n) is 15.9. The predicted molar refractivity (Wildman–Crippen MR) is 180 cm³/mol. The molecule has 3 atom stereocenters. The van der Waals surface area contributed by atoms with Crippen LogP contribution in [0.15, 0.2) is 85.0 Å². The van der Waals surface area contributed by atoms with Crippen molar-refractivity contribution >= 4 is 29.4 Å². The molecule has 0 radical (unpaired) electrons. The fourth-order valence-corrected chi connectivity index (χ4v) is 5.65. The van der Waals surface area contributed by atoms with E-state index in [0.29, 0.717) is 18.9 Å². The van der Waals surface area contributed by atoms with Gasteiger partial charge >= 0.3 is 6.03 Å². The van der Waals surface area contributed by atoms with Crippen LogP contribution in [0.1, 0.15) is 20.3 Å². The van der Waals surface area contributed by atoms with E-state index in [0.717, 1.165) is 61.6 Å². The number of piperazine rings is 1. The van der Waals surface area contributed by atoms with Crippen LogP contribution in [0.25, 0.3) is 5.43 Å². The van der Waals surface area contributed by atoms with Crippen molar-refractivity contribution < 1.29 is 19.0 Å². The van der Waals surface area contributed by atoms with Crippen LogP contribution in [0.3, 0.4) is 0 Å². The summed E-state index contributed by atoms with van der Waals surface area (Å²) in [6.45, 7) is 8.42. The van der Waals surface area contributed by atoms with Crippen LogP contribution in [0, 0.1) is 5.41 Å². The van der Waals surface area contributed by atoms with E-state index in [1.807, 2.05) is 56.3 Å². The Morgan fingerprint density at radius 3 is 2.38 bits per heavy atom. The number of ether oxygens (including phenoxy) is 3. The van der Waals surface area contributed by atoms with Gasteiger partial charge in [-0.3, -0.25) is 10.3 Å². The zero-order valence-corrected chi connectivity index (χ0v) is 26.7. The number of rotatable bonds is 12. The maximum absolute atomic E-state index is 12.6. The minimum atomic E-state index is -1.06. The van der Waals surface area contributed by atoms with Crippen LogP contribution in [0.4, 0.5) is 21.9 Å². The maximum atomic E-state index is 12.6. The first-order chi connectivity index (χ1) is 23.0. The van der Waals surface area contributed by atoms with Gasteiger partial charge < -0.3 is 40.2 Å². The molecular formula is C33H41N10O4-. The molecule has 14 heteroatoms. The Bertz CT molecular complexity index is 1540. The van der Waals surface area contributed by atoms with Gasteiger partial charge in [0.2, 0.25) is 5.79 Å². The first-order valence-corrected chi connectivity index (χ1v) is 15.9. The van der Waals surface area contributed by atoms with E-state index in [4.69, 9.17) is 19.6 Å². The van der Waals surface area contributed by atoms with Gasteiger partial charge in [-0.2, -0.15) is 21.2 Å². The molecule has 2 saturated heterocycles. The molecule has 2 fully saturated rings. The van der Waals surface area contributed by atoms with Crippen molar-refractivity contribution in [3.8, 4) is 5.75 Å². The molecule has 0 spiro atoms. The summed E-state index contributed by atoms with van der Waals surface area (Å²) in [4.78, 5) is 20.1. The minimum absolute atomic E-state index is 0.0429. The summed E-state index contributed by atoms with van der Waals surface area (Å²) in [5, 5.41) is 19.1. The maximum Gasteiger partial charge on any atom is 0.327 e. The number of aromatic nitrogens is 3. The lowest BCUT2D eigenvalue weighted by Crippen LogP contribution is -2.46. The Hall–Kier alpha value is -5.08. The van der Waals surface area contributed by atoms with Crippen LogP contribution in [0.2, 0.25) is 0 Å². The summed E-state index contributed by atoms with van der Waals surface area (Å²) in [5.41, 5.74) is 10.6. The highest BCUT2D eigenvalue weighted by Gasteiger charge is 2.45. The molecule has 0 saturated carbocycles. The molecule has 4 heterocycles. The van der Waals surface area contributed by atoms with Gasteiger partial charge in [-0.25, -0.2) is 4.79 Å². The standard InChI is InChI=1S/C33H42N10O4/c1-3-25(2)39-32(44)42(24-34)29-6-4-27(5-7-29)40-16-18-41(19-17-40)28-8-10-30(11-9-28)45-21-31-22-46-33(47-31,23-43-37-14-15-38-43)26-12-13-35-36-20-26/h4-15,20,24-25,31,34H,3,16-19,21-23H2,1-2H3,(H3,35,36,37,38,39,44)/p-1. The quantitative estimate of drug-likeness (QED) is 0.197. The lowest BCUT2D eigenvalue weighted by atomic mass is 10.1. The molecule has 248 valence electrons. The summed E-state index contributed by atoms with van der Waals surface area (Å²) >= 11 is 0. The van der Waals surface area contributed by atoms with Crippen LogP contribution in [0.5, 0.6) is 5.75 Å². The molecule has 0 bridgehead atoms. The number of urea groups is 1. The summed E-state index contributed by atoms with van der Waals surface area (Å²) in [6.07, 6.45) is 10.1. The highest BCUT2D eigenvalue weighted by molar-refractivity contribution is 6.06. The molecule has 1 aromatic heterocycles. The Kier molecular flexibility index (Phi) is 9.88. The number of carbonyl (C=O) groups is 1. The number of anilines is 3. The van der Waals surface area contributed by atoms with E-state index in [-0.39, 0.29) is 24.7 Å². The number of benzene rings is 2. The minimum Gasteiger partial charge on any atom is -0.604 e. The average Bonchev–Trinajstić information content (AvgIpc) is 3.79. The van der Waals surface area contributed by atoms with Crippen molar-refractivity contribution in [2.45, 2.75) is 44.7 Å². The normalized spacial score (nSPS) is 21.3. The zero-order valence-electron chi connectivity index (χ0n) is 26.7. The SMILES string of the molecule is CCC(C)NC(=O)N(C=N)c1ccc(N2CCN(c3ccc(OCC4COC(Cn5nccn5)(C5=C[N-]NC=C5)O4)cc3)CC2)cc1. The van der Waals surface area contributed by atoms with E-state index >= 15 is 0 Å². The number of hydrogen-bond donors (Lipinski definition) is 3. The van der Waals surface area contributed by atoms with Crippen LogP contribution >= 0.6 is 0 Å². The van der Waals surface area contributed by atoms with Crippen molar-refractivity contribution in [2.24, 2.45) is 0 Å². The van der Waals surface area contributed by atoms with Gasteiger partial charge in [0.1, 0.15) is 25.0 Å². The number of nitrogens with zero attached hydrogens (tertiary/aromatic N) is 7. The summed E-state index contributed by atoms with van der Waals surface area (Å²) in [5.74, 6) is -0.302. The number of carbonyl (C=O) groups excluding carboxylic acids is 1. The molecule has 3 aliphatic heterocycles. The van der Waals surface area contributed by atoms with Crippen LogP contribution in [-0.4, -0.2) is 84.7 Å². The molecule has 14 nitrogen and oxygen atoms in total. The Labute approximate surface area is 274 Å². The van der Waals surface area contributed by atoms with Crippen molar-refractivity contribution in [2.75, 3.05) is 54.1 Å². The Balaban J connectivity index is 0.987. The topological polar surface area (TPSA) is 147 Å². The van der Waals surface area contributed by atoms with E-state index < -0.39 is 5.79 Å². The van der Waals surface area contributed by atoms with Gasteiger partial charge in [0, 0.05) is 43.6 Å². The second kappa shape index (κ2) is 14.6. The molecule has 0 aliphatic carbocycles. The first kappa shape index (κ1) is 31.9. The van der Waals surface area contributed by atoms with E-state index in [9.17, 15) is 4.79 Å². The predicted octanol–water partition coefficient (Wildman–Crippen LogP) is 4.01. The van der Waals surface area contributed by atoms with Gasteiger partial charge in [0.25, 0.3) is 0 Å². The summed E-state index contributed by atoms with van der Waals surface area (Å²) in [6, 6.07) is 15.7. The third kappa shape index (κ3) is 7.50. The molecule has 3 N–H and O–H groups in total. The largest absolute Gasteiger partial charge is 0.604 e. The Morgan fingerprint density at radius 1 is 1.13 bits per heavy atom. The van der Waals surface area contributed by atoms with Crippen LogP contribution < -0.4 is 30.2 Å². The highest BCUT2D eigenvalue weighted by atomic mass is 16.8. The molecule has 3 aromatic rings. The molecule has 6 rings (SSSR count). The lowest BCUT2D eigenvalue weighted by molar-refractivity contribution is -0.152. The third-order valence-corrected chi connectivity index (χ3v) is 8.47. The number of amides is 2. The summed E-state index contributed by atoms with van der Waals surface area (Å²) in [7, 11) is 0. The zero-order chi connectivity index (χ0) is 32.6. The molecule has 2 aromatic carbocycles. The second-order valence-electron chi connectivity index (χ2n) is 11.6. The lowest BCUT2D eigenvalue weighted by Gasteiger charge is -2.37. The van der Waals surface area contributed by atoms with Crippen molar-refractivity contribution in [1.82, 2.24) is 25.7 Å². The van der Waals surface area contributed by atoms with Gasteiger partial charge in [-0.05, 0) is 79.7 Å². The van der Waals surface area contributed by atoms with Gasteiger partial charge in [0.15, 0.2) is 0 Å². The van der Waals surface area contributed by atoms with E-state index in [2.05, 4.69) is 48.3 Å². The van der Waals surface area contributed by atoms with E-state index in [1.165, 1.54) is 4.90 Å². The van der Waals surface area contributed by atoms with Crippen LogP contribution in [-0.2, 0) is 16.0 Å². The van der Waals surface area contributed by atoms with Crippen molar-refractivity contribution in [1.29, 1.82) is 5.41 Å². The van der Waals surface area contributed by atoms with Crippen molar-refractivity contribution in [3.05, 3.63) is 90.4 Å². The average molecular weight is 642 g/mol. The number of nitrogens with one attached hydrogen (secondary N) is 3. The monoisotopic (exact) mass is 641 g/mol. The smallest absolute Gasteiger partial charge is 0.327 e. The molecule has 47 heavy (non-hydrogen) atoms. The van der Waals surface area contributed by atoms with Gasteiger partial charge in [-0.1, -0.05) is 6.92 Å². The highest BCUT2D eigenvalue weighted by Crippen LogP contribution is 2.35. The van der Waals surface area contributed by atoms with Crippen molar-refractivity contribution in [3.63, 3.8) is 0 Å². The number of hydrogen-bond acceptors (Lipinski definition) is 10. The molecule has 3 unspecified atom stereocenters. The third-order valence-electron chi connectivity index (χ3n) is 8.47. The fourth-order valence-electron chi connectivity index (χ4n) is 5.65.